The van der Waals surface area contributed by atoms with Gasteiger partial charge in [-0.3, -0.25) is 4.79 Å². The number of hydrogen-bond acceptors (Lipinski definition) is 3. The van der Waals surface area contributed by atoms with Crippen LogP contribution in [0.2, 0.25) is 0 Å². The van der Waals surface area contributed by atoms with E-state index in [1.165, 1.54) is 18.2 Å². The van der Waals surface area contributed by atoms with Crippen LogP contribution in [0.25, 0.3) is 22.0 Å². The molecule has 1 aromatic carbocycles. The summed E-state index contributed by atoms with van der Waals surface area (Å²) in [5.74, 6) is 1.22. The molecular formula is C17H15NO3. The third kappa shape index (κ3) is 1.65. The Balaban J connectivity index is 2.19. The number of rotatable bonds is 2. The monoisotopic (exact) mass is 281 g/mol. The van der Waals surface area contributed by atoms with Crippen molar-refractivity contribution in [2.45, 2.75) is 13.0 Å². The molecule has 1 aliphatic carbocycles. The van der Waals surface area contributed by atoms with Gasteiger partial charge in [0.1, 0.15) is 5.75 Å². The summed E-state index contributed by atoms with van der Waals surface area (Å²) in [5, 5.41) is 1.07. The minimum absolute atomic E-state index is 0.0901. The summed E-state index contributed by atoms with van der Waals surface area (Å²) in [5.41, 5.74) is 4.35. The van der Waals surface area contributed by atoms with Crippen molar-refractivity contribution in [3.63, 3.8) is 0 Å². The van der Waals surface area contributed by atoms with Gasteiger partial charge in [-0.2, -0.15) is 0 Å². The number of ether oxygens (including phenoxy) is 2. The van der Waals surface area contributed by atoms with Crippen LogP contribution in [0.1, 0.15) is 5.56 Å². The number of aryl methyl sites for hydroxylation is 2. The molecule has 0 N–H and O–H groups in total. The Morgan fingerprint density at radius 3 is 2.71 bits per heavy atom. The van der Waals surface area contributed by atoms with Crippen molar-refractivity contribution in [2.24, 2.45) is 0 Å². The van der Waals surface area contributed by atoms with Crippen LogP contribution >= 0.6 is 0 Å². The van der Waals surface area contributed by atoms with Gasteiger partial charge in [0.15, 0.2) is 5.75 Å². The van der Waals surface area contributed by atoms with Gasteiger partial charge in [-0.15, -0.1) is 0 Å². The van der Waals surface area contributed by atoms with E-state index >= 15 is 0 Å². The molecule has 0 bridgehead atoms. The molecule has 2 heterocycles. The van der Waals surface area contributed by atoms with E-state index in [0.29, 0.717) is 5.75 Å². The fourth-order valence-electron chi connectivity index (χ4n) is 3.24. The van der Waals surface area contributed by atoms with Crippen molar-refractivity contribution in [1.82, 2.24) is 4.57 Å². The number of benzene rings is 2. The highest BCUT2D eigenvalue weighted by Crippen LogP contribution is 2.38. The van der Waals surface area contributed by atoms with Crippen LogP contribution in [0.5, 0.6) is 11.5 Å². The van der Waals surface area contributed by atoms with Crippen molar-refractivity contribution in [2.75, 3.05) is 14.2 Å². The zero-order chi connectivity index (χ0) is 14.6. The molecule has 4 nitrogen and oxygen atoms in total. The van der Waals surface area contributed by atoms with E-state index in [4.69, 9.17) is 9.47 Å². The molecule has 2 aliphatic heterocycles. The average molecular weight is 281 g/mol. The number of hydrogen-bond donors (Lipinski definition) is 0. The Morgan fingerprint density at radius 1 is 1.10 bits per heavy atom. The van der Waals surface area contributed by atoms with Crippen LogP contribution in [0, 0.1) is 0 Å². The predicted molar refractivity (Wildman–Crippen MR) is 81.6 cm³/mol. The van der Waals surface area contributed by atoms with Crippen molar-refractivity contribution in [1.29, 1.82) is 0 Å². The number of methoxy groups -OCH3 is 2. The summed E-state index contributed by atoms with van der Waals surface area (Å²) in [6.45, 7) is 0.955. The van der Waals surface area contributed by atoms with Gasteiger partial charge in [-0.05, 0) is 41.8 Å². The zero-order valence-corrected chi connectivity index (χ0v) is 12.0. The molecule has 3 aliphatic rings. The number of fused-ring (bicyclic) bond motifs is 2. The van der Waals surface area contributed by atoms with Crippen LogP contribution in [-0.4, -0.2) is 18.8 Å². The highest BCUT2D eigenvalue weighted by Gasteiger charge is 2.20. The third-order valence-corrected chi connectivity index (χ3v) is 4.23. The molecule has 0 amide bonds. The Hall–Kier alpha value is -2.49. The molecule has 4 heteroatoms. The average Bonchev–Trinajstić information content (AvgIpc) is 2.91. The fourth-order valence-corrected chi connectivity index (χ4v) is 3.24. The smallest absolute Gasteiger partial charge is 0.221 e. The molecule has 0 saturated carbocycles. The molecule has 4 rings (SSSR count). The van der Waals surface area contributed by atoms with Crippen molar-refractivity contribution in [3.05, 3.63) is 46.2 Å². The highest BCUT2D eigenvalue weighted by atomic mass is 16.5. The third-order valence-electron chi connectivity index (χ3n) is 4.23. The van der Waals surface area contributed by atoms with E-state index in [9.17, 15) is 4.79 Å². The molecule has 1 aromatic rings. The number of pyridine rings is 1. The van der Waals surface area contributed by atoms with E-state index in [0.717, 1.165) is 35.2 Å². The Morgan fingerprint density at radius 2 is 1.95 bits per heavy atom. The quantitative estimate of drug-likeness (QED) is 0.678. The maximum Gasteiger partial charge on any atom is 0.221 e. The second kappa shape index (κ2) is 4.25. The minimum atomic E-state index is -0.0901. The summed E-state index contributed by atoms with van der Waals surface area (Å²) in [6, 6.07) is 7.57. The van der Waals surface area contributed by atoms with Crippen LogP contribution in [0.4, 0.5) is 0 Å². The van der Waals surface area contributed by atoms with Gasteiger partial charge >= 0.3 is 0 Å². The summed E-state index contributed by atoms with van der Waals surface area (Å²) in [6.07, 6.45) is 3.09. The maximum atomic E-state index is 12.1. The lowest BCUT2D eigenvalue weighted by molar-refractivity contribution is 0.411. The van der Waals surface area contributed by atoms with Crippen molar-refractivity contribution >= 4 is 10.9 Å². The molecule has 0 unspecified atom stereocenters. The van der Waals surface area contributed by atoms with Crippen LogP contribution < -0.4 is 14.9 Å². The van der Waals surface area contributed by atoms with Gasteiger partial charge < -0.3 is 14.0 Å². The summed E-state index contributed by atoms with van der Waals surface area (Å²) in [4.78, 5) is 12.1. The minimum Gasteiger partial charge on any atom is -0.497 e. The first kappa shape index (κ1) is 12.3. The maximum absolute atomic E-state index is 12.1. The first-order valence-corrected chi connectivity index (χ1v) is 6.93. The fraction of sp³-hybridized carbons (Fsp3) is 0.235. The molecule has 0 saturated heterocycles. The summed E-state index contributed by atoms with van der Waals surface area (Å²) >= 11 is 0. The standard InChI is InChI=1S/C17H15NO3/c1-20-12-5-10-3-4-18-9-11-6-16(21-2)15(19)8-13(11)14(7-12)17(10)18/h5-9H,3-4H2,1-2H3. The van der Waals surface area contributed by atoms with Gasteiger partial charge in [-0.1, -0.05) is 0 Å². The van der Waals surface area contributed by atoms with Gasteiger partial charge in [0.2, 0.25) is 5.43 Å². The number of aromatic nitrogens is 1. The first-order valence-electron chi connectivity index (χ1n) is 6.93. The van der Waals surface area contributed by atoms with Gasteiger partial charge in [0.05, 0.1) is 19.7 Å². The summed E-state index contributed by atoms with van der Waals surface area (Å²) < 4.78 is 12.8. The topological polar surface area (TPSA) is 40.5 Å². The lowest BCUT2D eigenvalue weighted by Crippen LogP contribution is -2.07. The molecule has 106 valence electrons. The molecule has 0 radical (unpaired) electrons. The lowest BCUT2D eigenvalue weighted by Gasteiger charge is -2.15. The summed E-state index contributed by atoms with van der Waals surface area (Å²) in [7, 11) is 3.20. The first-order chi connectivity index (χ1) is 10.2. The second-order valence-electron chi connectivity index (χ2n) is 5.35. The SMILES string of the molecule is COc1cc2c3c(c1)c1cc(=O)c(OC)cc-1cn3CC2. The van der Waals surface area contributed by atoms with Crippen molar-refractivity contribution < 1.29 is 9.47 Å². The lowest BCUT2D eigenvalue weighted by atomic mass is 9.98. The Kier molecular flexibility index (Phi) is 2.48. The zero-order valence-electron chi connectivity index (χ0n) is 12.0. The van der Waals surface area contributed by atoms with E-state index in [2.05, 4.69) is 16.8 Å². The molecule has 0 atom stereocenters. The number of nitrogens with zero attached hydrogens (tertiary/aromatic N) is 1. The van der Waals surface area contributed by atoms with E-state index in [1.807, 2.05) is 12.1 Å². The van der Waals surface area contributed by atoms with E-state index in [1.54, 1.807) is 13.2 Å². The molecule has 0 fully saturated rings. The van der Waals surface area contributed by atoms with Crippen LogP contribution in [0.3, 0.4) is 0 Å². The van der Waals surface area contributed by atoms with Gasteiger partial charge in [-0.25, -0.2) is 0 Å². The van der Waals surface area contributed by atoms with Gasteiger partial charge in [0, 0.05) is 23.7 Å². The van der Waals surface area contributed by atoms with Crippen LogP contribution in [0.15, 0.2) is 35.3 Å². The molecular weight excluding hydrogens is 266 g/mol. The second-order valence-corrected chi connectivity index (χ2v) is 5.35. The molecule has 0 spiro atoms. The van der Waals surface area contributed by atoms with Gasteiger partial charge in [0.25, 0.3) is 0 Å². The normalized spacial score (nSPS) is 13.0. The predicted octanol–water partition coefficient (Wildman–Crippen LogP) is 2.68. The van der Waals surface area contributed by atoms with Crippen LogP contribution in [-0.2, 0) is 13.0 Å². The molecule has 21 heavy (non-hydrogen) atoms. The van der Waals surface area contributed by atoms with E-state index in [-0.39, 0.29) is 5.43 Å². The Bertz CT molecular complexity index is 895. The molecule has 0 aromatic heterocycles. The Labute approximate surface area is 121 Å². The highest BCUT2D eigenvalue weighted by molar-refractivity contribution is 5.99. The largest absolute Gasteiger partial charge is 0.497 e. The van der Waals surface area contributed by atoms with E-state index < -0.39 is 0 Å². The van der Waals surface area contributed by atoms with Crippen molar-refractivity contribution in [3.8, 4) is 22.6 Å².